The summed E-state index contributed by atoms with van der Waals surface area (Å²) in [4.78, 5) is 17.8. The predicted octanol–water partition coefficient (Wildman–Crippen LogP) is 2.40. The topological polar surface area (TPSA) is 64.2 Å². The van der Waals surface area contributed by atoms with Gasteiger partial charge in [0.1, 0.15) is 11.6 Å². The van der Waals surface area contributed by atoms with Crippen LogP contribution in [0.5, 0.6) is 5.75 Å². The molecular weight excluding hydrogens is 251 g/mol. The maximum atomic E-state index is 13.0. The molecule has 0 saturated heterocycles. The van der Waals surface area contributed by atoms with Crippen LogP contribution in [0.1, 0.15) is 17.3 Å². The Morgan fingerprint density at radius 1 is 1.47 bits per heavy atom. The fourth-order valence-corrected chi connectivity index (χ4v) is 1.67. The molecule has 2 aromatic rings. The number of aromatic amines is 1. The lowest BCUT2D eigenvalue weighted by atomic mass is 10.1. The summed E-state index contributed by atoms with van der Waals surface area (Å²) in [7, 11) is 1.30. The van der Waals surface area contributed by atoms with Crippen molar-refractivity contribution >= 4 is 5.97 Å². The number of methoxy groups -OCH3 is 1. The van der Waals surface area contributed by atoms with Crippen molar-refractivity contribution in [1.82, 2.24) is 9.97 Å². The monoisotopic (exact) mass is 264 g/mol. The van der Waals surface area contributed by atoms with Gasteiger partial charge in [-0.25, -0.2) is 9.78 Å². The highest BCUT2D eigenvalue weighted by atomic mass is 19.1. The first-order valence-corrected chi connectivity index (χ1v) is 5.71. The molecule has 0 spiro atoms. The van der Waals surface area contributed by atoms with Gasteiger partial charge in [0.15, 0.2) is 0 Å². The number of hydrogen-bond acceptors (Lipinski definition) is 4. The number of esters is 1. The van der Waals surface area contributed by atoms with E-state index in [1.54, 1.807) is 18.2 Å². The molecule has 0 aliphatic heterocycles. The molecule has 2 rings (SSSR count). The molecule has 0 fully saturated rings. The molecule has 0 saturated carbocycles. The molecule has 0 aliphatic rings. The molecule has 6 heteroatoms. The van der Waals surface area contributed by atoms with Gasteiger partial charge in [-0.2, -0.15) is 4.39 Å². The summed E-state index contributed by atoms with van der Waals surface area (Å²) in [6.07, 6.45) is 1.08. The Hall–Kier alpha value is -2.37. The van der Waals surface area contributed by atoms with Crippen LogP contribution in [0.15, 0.2) is 24.4 Å². The number of H-pyrrole nitrogens is 1. The Morgan fingerprint density at radius 3 is 2.84 bits per heavy atom. The average Bonchev–Trinajstić information content (AvgIpc) is 2.84. The van der Waals surface area contributed by atoms with Crippen molar-refractivity contribution in [2.75, 3.05) is 13.7 Å². The van der Waals surface area contributed by atoms with Gasteiger partial charge in [-0.1, -0.05) is 0 Å². The van der Waals surface area contributed by atoms with Crippen LogP contribution in [-0.2, 0) is 4.74 Å². The fraction of sp³-hybridized carbons (Fsp3) is 0.231. The zero-order valence-corrected chi connectivity index (χ0v) is 10.6. The van der Waals surface area contributed by atoms with Gasteiger partial charge in [0.05, 0.1) is 31.0 Å². The van der Waals surface area contributed by atoms with Crippen LogP contribution in [-0.4, -0.2) is 29.7 Å². The number of rotatable bonds is 4. The van der Waals surface area contributed by atoms with Gasteiger partial charge in [-0.15, -0.1) is 0 Å². The van der Waals surface area contributed by atoms with Crippen LogP contribution < -0.4 is 4.74 Å². The highest BCUT2D eigenvalue weighted by molar-refractivity contribution is 5.90. The van der Waals surface area contributed by atoms with E-state index in [2.05, 4.69) is 14.7 Å². The van der Waals surface area contributed by atoms with Gasteiger partial charge in [0.2, 0.25) is 5.95 Å². The summed E-state index contributed by atoms with van der Waals surface area (Å²) in [5.74, 6) is -0.204. The number of aromatic nitrogens is 2. The molecule has 0 bridgehead atoms. The second kappa shape index (κ2) is 5.51. The van der Waals surface area contributed by atoms with Crippen molar-refractivity contribution < 1.29 is 18.7 Å². The third-order valence-electron chi connectivity index (χ3n) is 2.50. The van der Waals surface area contributed by atoms with Crippen LogP contribution in [0.2, 0.25) is 0 Å². The number of ether oxygens (including phenoxy) is 2. The molecule has 1 N–H and O–H groups in total. The molecule has 5 nitrogen and oxygen atoms in total. The number of carbonyl (C=O) groups is 1. The third kappa shape index (κ3) is 2.73. The first-order valence-electron chi connectivity index (χ1n) is 5.71. The Morgan fingerprint density at radius 2 is 2.26 bits per heavy atom. The Labute approximate surface area is 109 Å². The molecule has 0 aliphatic carbocycles. The molecule has 1 aromatic carbocycles. The highest BCUT2D eigenvalue weighted by Gasteiger charge is 2.14. The second-order valence-corrected chi connectivity index (χ2v) is 3.72. The molecule has 1 aromatic heterocycles. The van der Waals surface area contributed by atoms with E-state index in [-0.39, 0.29) is 0 Å². The summed E-state index contributed by atoms with van der Waals surface area (Å²) in [5.41, 5.74) is 0.945. The standard InChI is InChI=1S/C13H13FN2O3/c1-3-19-10-6-8(13(17)18-2)4-5-9(10)12-15-7-11(14)16-12/h4-7H,3H2,1-2H3,(H,15,16). The molecule has 0 amide bonds. The molecule has 0 radical (unpaired) electrons. The minimum atomic E-state index is -0.533. The average molecular weight is 264 g/mol. The summed E-state index contributed by atoms with van der Waals surface area (Å²) in [5, 5.41) is 0. The summed E-state index contributed by atoms with van der Waals surface area (Å²) < 4.78 is 23.0. The van der Waals surface area contributed by atoms with Gasteiger partial charge < -0.3 is 14.5 Å². The quantitative estimate of drug-likeness (QED) is 0.861. The second-order valence-electron chi connectivity index (χ2n) is 3.72. The Bertz CT molecular complexity index is 595. The van der Waals surface area contributed by atoms with Gasteiger partial charge in [-0.05, 0) is 25.1 Å². The van der Waals surface area contributed by atoms with Crippen LogP contribution in [0.25, 0.3) is 11.4 Å². The van der Waals surface area contributed by atoms with E-state index < -0.39 is 11.9 Å². The zero-order chi connectivity index (χ0) is 13.8. The van der Waals surface area contributed by atoms with Gasteiger partial charge in [-0.3, -0.25) is 0 Å². The van der Waals surface area contributed by atoms with Crippen molar-refractivity contribution in [2.45, 2.75) is 6.92 Å². The summed E-state index contributed by atoms with van der Waals surface area (Å²) >= 11 is 0. The predicted molar refractivity (Wildman–Crippen MR) is 66.5 cm³/mol. The zero-order valence-electron chi connectivity index (χ0n) is 10.6. The maximum absolute atomic E-state index is 13.0. The smallest absolute Gasteiger partial charge is 0.337 e. The van der Waals surface area contributed by atoms with Crippen molar-refractivity contribution in [3.63, 3.8) is 0 Å². The van der Waals surface area contributed by atoms with Crippen molar-refractivity contribution in [3.8, 4) is 17.1 Å². The third-order valence-corrected chi connectivity index (χ3v) is 2.50. The number of carbonyl (C=O) groups excluding carboxylic acids is 1. The lowest BCUT2D eigenvalue weighted by molar-refractivity contribution is 0.0600. The number of nitrogens with zero attached hydrogens (tertiary/aromatic N) is 1. The minimum Gasteiger partial charge on any atom is -0.493 e. The molecular formula is C13H13FN2O3. The van der Waals surface area contributed by atoms with Crippen molar-refractivity contribution in [2.24, 2.45) is 0 Å². The van der Waals surface area contributed by atoms with Gasteiger partial charge >= 0.3 is 5.97 Å². The first-order chi connectivity index (χ1) is 9.15. The molecule has 19 heavy (non-hydrogen) atoms. The van der Waals surface area contributed by atoms with E-state index in [0.29, 0.717) is 29.3 Å². The van der Waals surface area contributed by atoms with Crippen molar-refractivity contribution in [1.29, 1.82) is 0 Å². The molecule has 0 atom stereocenters. The summed E-state index contributed by atoms with van der Waals surface area (Å²) in [6.45, 7) is 2.23. The van der Waals surface area contributed by atoms with Crippen LogP contribution in [0.3, 0.4) is 0 Å². The van der Waals surface area contributed by atoms with Gasteiger partial charge in [0.25, 0.3) is 0 Å². The largest absolute Gasteiger partial charge is 0.493 e. The van der Waals surface area contributed by atoms with Gasteiger partial charge in [0, 0.05) is 0 Å². The fourth-order valence-electron chi connectivity index (χ4n) is 1.67. The Balaban J connectivity index is 2.46. The lowest BCUT2D eigenvalue weighted by Gasteiger charge is -2.09. The maximum Gasteiger partial charge on any atom is 0.337 e. The van der Waals surface area contributed by atoms with E-state index in [4.69, 9.17) is 4.74 Å². The van der Waals surface area contributed by atoms with E-state index in [9.17, 15) is 9.18 Å². The Kier molecular flexibility index (Phi) is 3.79. The number of nitrogens with one attached hydrogen (secondary N) is 1. The van der Waals surface area contributed by atoms with Crippen LogP contribution >= 0.6 is 0 Å². The lowest BCUT2D eigenvalue weighted by Crippen LogP contribution is -2.03. The minimum absolute atomic E-state index is 0.345. The number of hydrogen-bond donors (Lipinski definition) is 1. The van der Waals surface area contributed by atoms with E-state index in [1.807, 2.05) is 6.92 Å². The van der Waals surface area contributed by atoms with Crippen LogP contribution in [0.4, 0.5) is 4.39 Å². The molecule has 1 heterocycles. The first kappa shape index (κ1) is 13.1. The van der Waals surface area contributed by atoms with Crippen molar-refractivity contribution in [3.05, 3.63) is 35.9 Å². The molecule has 0 unspecified atom stereocenters. The van der Waals surface area contributed by atoms with E-state index in [0.717, 1.165) is 6.20 Å². The van der Waals surface area contributed by atoms with E-state index in [1.165, 1.54) is 7.11 Å². The number of halogens is 1. The number of imidazole rings is 1. The van der Waals surface area contributed by atoms with E-state index >= 15 is 0 Å². The van der Waals surface area contributed by atoms with Crippen LogP contribution in [0, 0.1) is 5.95 Å². The molecule has 100 valence electrons. The normalized spacial score (nSPS) is 10.3. The number of benzene rings is 1. The highest BCUT2D eigenvalue weighted by Crippen LogP contribution is 2.29. The summed E-state index contributed by atoms with van der Waals surface area (Å²) in [6, 6.07) is 4.75. The SMILES string of the molecule is CCOc1cc(C(=O)OC)ccc1-c1ncc(F)[nH]1.